The number of aromatic nitrogens is 3. The molecule has 136 valence electrons. The van der Waals surface area contributed by atoms with E-state index in [4.69, 9.17) is 11.6 Å². The first-order valence-electron chi connectivity index (χ1n) is 8.04. The van der Waals surface area contributed by atoms with Crippen LogP contribution in [0.2, 0.25) is 5.02 Å². The maximum atomic E-state index is 11.9. The second-order valence-electron chi connectivity index (χ2n) is 5.57. The standard InChI is InChI=1S/C19H16ClN5O2/c20-15-8-9-18(26)17(11-15)19(27)23-21-10-4-7-16-13-25(24-22-16)12-14-5-2-1-3-6-14/h1-11,13,26H,12H2,(H,23,27)/b7-4+,21-10-. The highest BCUT2D eigenvalue weighted by Crippen LogP contribution is 2.21. The fraction of sp³-hybridized carbons (Fsp3) is 0.0526. The van der Waals surface area contributed by atoms with E-state index < -0.39 is 5.91 Å². The van der Waals surface area contributed by atoms with Crippen LogP contribution in [0.25, 0.3) is 6.08 Å². The van der Waals surface area contributed by atoms with Gasteiger partial charge in [-0.2, -0.15) is 5.10 Å². The second kappa shape index (κ2) is 8.77. The lowest BCUT2D eigenvalue weighted by Gasteiger charge is -2.02. The summed E-state index contributed by atoms with van der Waals surface area (Å²) in [4.78, 5) is 11.9. The first kappa shape index (κ1) is 18.3. The highest BCUT2D eigenvalue weighted by molar-refractivity contribution is 6.31. The number of hydrazone groups is 1. The van der Waals surface area contributed by atoms with Crippen molar-refractivity contribution in [3.63, 3.8) is 0 Å². The molecule has 8 heteroatoms. The molecule has 7 nitrogen and oxygen atoms in total. The Hall–Kier alpha value is -3.45. The fourth-order valence-electron chi connectivity index (χ4n) is 2.27. The number of allylic oxidation sites excluding steroid dienone is 1. The van der Waals surface area contributed by atoms with Gasteiger partial charge in [-0.3, -0.25) is 4.79 Å². The molecule has 2 N–H and O–H groups in total. The molecular weight excluding hydrogens is 366 g/mol. The molecule has 1 aromatic heterocycles. The number of carbonyl (C=O) groups excluding carboxylic acids is 1. The monoisotopic (exact) mass is 381 g/mol. The van der Waals surface area contributed by atoms with Gasteiger partial charge in [-0.1, -0.05) is 47.1 Å². The molecule has 0 spiro atoms. The average Bonchev–Trinajstić information content (AvgIpc) is 3.11. The van der Waals surface area contributed by atoms with Crippen molar-refractivity contribution in [2.75, 3.05) is 0 Å². The van der Waals surface area contributed by atoms with E-state index in [1.165, 1.54) is 24.4 Å². The molecule has 2 aromatic carbocycles. The molecular formula is C19H16ClN5O2. The number of rotatable bonds is 6. The number of benzene rings is 2. The van der Waals surface area contributed by atoms with Gasteiger partial charge in [0.25, 0.3) is 5.91 Å². The number of nitrogens with one attached hydrogen (secondary N) is 1. The molecule has 1 heterocycles. The molecule has 0 saturated carbocycles. The number of phenolic OH excluding ortho intramolecular Hbond substituents is 1. The first-order valence-corrected chi connectivity index (χ1v) is 8.42. The van der Waals surface area contributed by atoms with Crippen molar-refractivity contribution >= 4 is 29.8 Å². The van der Waals surface area contributed by atoms with Crippen LogP contribution < -0.4 is 5.43 Å². The molecule has 0 aliphatic rings. The summed E-state index contributed by atoms with van der Waals surface area (Å²) in [5.74, 6) is -0.730. The van der Waals surface area contributed by atoms with Gasteiger partial charge in [-0.15, -0.1) is 5.10 Å². The Labute approximate surface area is 160 Å². The molecule has 0 aliphatic heterocycles. The van der Waals surface area contributed by atoms with Gasteiger partial charge >= 0.3 is 0 Å². The molecule has 0 unspecified atom stereocenters. The zero-order valence-corrected chi connectivity index (χ0v) is 14.9. The number of halogens is 1. The predicted octanol–water partition coefficient (Wildman–Crippen LogP) is 3.11. The van der Waals surface area contributed by atoms with E-state index in [2.05, 4.69) is 20.8 Å². The van der Waals surface area contributed by atoms with Crippen LogP contribution in [0.1, 0.15) is 21.6 Å². The molecule has 3 aromatic rings. The Kier molecular flexibility index (Phi) is 5.96. The van der Waals surface area contributed by atoms with Gasteiger partial charge in [-0.25, -0.2) is 10.1 Å². The number of carbonyl (C=O) groups is 1. The number of aromatic hydroxyl groups is 1. The summed E-state index contributed by atoms with van der Waals surface area (Å²) >= 11 is 5.81. The fourth-order valence-corrected chi connectivity index (χ4v) is 2.44. The van der Waals surface area contributed by atoms with Crippen LogP contribution in [0.4, 0.5) is 0 Å². The highest BCUT2D eigenvalue weighted by Gasteiger charge is 2.10. The van der Waals surface area contributed by atoms with E-state index in [0.29, 0.717) is 17.3 Å². The molecule has 0 atom stereocenters. The smallest absolute Gasteiger partial charge is 0.275 e. The van der Waals surface area contributed by atoms with Gasteiger partial charge in [0.05, 0.1) is 18.3 Å². The summed E-state index contributed by atoms with van der Waals surface area (Å²) in [7, 11) is 0. The van der Waals surface area contributed by atoms with Crippen LogP contribution in [0, 0.1) is 0 Å². The summed E-state index contributed by atoms with van der Waals surface area (Å²) in [6.07, 6.45) is 6.53. The van der Waals surface area contributed by atoms with Crippen LogP contribution in [0.5, 0.6) is 5.75 Å². The van der Waals surface area contributed by atoms with E-state index in [9.17, 15) is 9.90 Å². The summed E-state index contributed by atoms with van der Waals surface area (Å²) in [6, 6.07) is 14.1. The van der Waals surface area contributed by atoms with Crippen molar-refractivity contribution in [2.24, 2.45) is 5.10 Å². The molecule has 27 heavy (non-hydrogen) atoms. The Morgan fingerprint density at radius 2 is 2.07 bits per heavy atom. The van der Waals surface area contributed by atoms with Gasteiger partial charge in [0.15, 0.2) is 0 Å². The minimum atomic E-state index is -0.562. The van der Waals surface area contributed by atoms with Crippen molar-refractivity contribution < 1.29 is 9.90 Å². The van der Waals surface area contributed by atoms with Gasteiger partial charge < -0.3 is 5.11 Å². The normalized spacial score (nSPS) is 11.3. The predicted molar refractivity (Wildman–Crippen MR) is 104 cm³/mol. The van der Waals surface area contributed by atoms with Crippen LogP contribution in [-0.2, 0) is 6.54 Å². The number of hydrogen-bond acceptors (Lipinski definition) is 5. The maximum absolute atomic E-state index is 11.9. The lowest BCUT2D eigenvalue weighted by molar-refractivity contribution is 0.0952. The van der Waals surface area contributed by atoms with E-state index in [1.807, 2.05) is 30.3 Å². The van der Waals surface area contributed by atoms with Crippen molar-refractivity contribution in [1.82, 2.24) is 20.4 Å². The number of nitrogens with zero attached hydrogens (tertiary/aromatic N) is 4. The van der Waals surface area contributed by atoms with Gasteiger partial charge in [0.1, 0.15) is 11.4 Å². The third-order valence-electron chi connectivity index (χ3n) is 3.54. The topological polar surface area (TPSA) is 92.4 Å². The van der Waals surface area contributed by atoms with Crippen LogP contribution >= 0.6 is 11.6 Å². The molecule has 0 bridgehead atoms. The van der Waals surface area contributed by atoms with Crippen LogP contribution in [0.15, 0.2) is 65.9 Å². The van der Waals surface area contributed by atoms with Gasteiger partial charge in [0, 0.05) is 11.2 Å². The van der Waals surface area contributed by atoms with E-state index in [-0.39, 0.29) is 11.3 Å². The summed E-state index contributed by atoms with van der Waals surface area (Å²) in [6.45, 7) is 0.634. The summed E-state index contributed by atoms with van der Waals surface area (Å²) < 4.78 is 1.73. The molecule has 0 saturated heterocycles. The third-order valence-corrected chi connectivity index (χ3v) is 3.78. The minimum absolute atomic E-state index is 0.0486. The lowest BCUT2D eigenvalue weighted by atomic mass is 10.2. The van der Waals surface area contributed by atoms with Crippen molar-refractivity contribution in [3.8, 4) is 5.75 Å². The minimum Gasteiger partial charge on any atom is -0.507 e. The summed E-state index contributed by atoms with van der Waals surface area (Å²) in [5, 5.41) is 21.9. The lowest BCUT2D eigenvalue weighted by Crippen LogP contribution is -2.17. The van der Waals surface area contributed by atoms with Gasteiger partial charge in [-0.05, 0) is 35.9 Å². The van der Waals surface area contributed by atoms with Crippen LogP contribution in [-0.4, -0.2) is 32.2 Å². The zero-order valence-electron chi connectivity index (χ0n) is 14.2. The first-order chi connectivity index (χ1) is 13.1. The number of amides is 1. The van der Waals surface area contributed by atoms with Crippen molar-refractivity contribution in [2.45, 2.75) is 6.54 Å². The molecule has 1 amide bonds. The van der Waals surface area contributed by atoms with Crippen LogP contribution in [0.3, 0.4) is 0 Å². The second-order valence-corrected chi connectivity index (χ2v) is 6.00. The Morgan fingerprint density at radius 1 is 1.26 bits per heavy atom. The van der Waals surface area contributed by atoms with E-state index in [1.54, 1.807) is 23.0 Å². The zero-order chi connectivity index (χ0) is 19.1. The molecule has 0 radical (unpaired) electrons. The van der Waals surface area contributed by atoms with Gasteiger partial charge in [0.2, 0.25) is 0 Å². The van der Waals surface area contributed by atoms with Crippen molar-refractivity contribution in [3.05, 3.63) is 82.6 Å². The Morgan fingerprint density at radius 3 is 2.89 bits per heavy atom. The quantitative estimate of drug-likeness (QED) is 0.507. The maximum Gasteiger partial charge on any atom is 0.275 e. The Bertz CT molecular complexity index is 983. The Balaban J connectivity index is 1.53. The van der Waals surface area contributed by atoms with E-state index in [0.717, 1.165) is 5.56 Å². The SMILES string of the molecule is O=C(N/N=C\C=C\c1cn(Cc2ccccc2)nn1)c1cc(Cl)ccc1O. The number of phenols is 1. The number of hydrogen-bond donors (Lipinski definition) is 2. The molecule has 3 rings (SSSR count). The largest absolute Gasteiger partial charge is 0.507 e. The highest BCUT2D eigenvalue weighted by atomic mass is 35.5. The average molecular weight is 382 g/mol. The third kappa shape index (κ3) is 5.26. The molecule has 0 fully saturated rings. The molecule has 0 aliphatic carbocycles. The van der Waals surface area contributed by atoms with Crippen molar-refractivity contribution in [1.29, 1.82) is 0 Å². The van der Waals surface area contributed by atoms with E-state index >= 15 is 0 Å². The summed E-state index contributed by atoms with van der Waals surface area (Å²) in [5.41, 5.74) is 4.15.